The number of rotatable bonds is 5. The second kappa shape index (κ2) is 9.90. The number of nitrogens with zero attached hydrogens (tertiary/aromatic N) is 6. The van der Waals surface area contributed by atoms with Crippen LogP contribution in [0.4, 0.5) is 22.0 Å². The standard InChI is InChI=1S/C25H31N9O3/c1-5-15-6-8-17(9-7-15)33(27)23-21-18(13-32(14-19(21)35)24(36)37-25(2,3)4)34(28)22(23)16-10-11-29-20(12-16)30-31-26/h6-12H,5,13-14,27-28H2,1-4H3,(H2,26,29,30). The van der Waals surface area contributed by atoms with E-state index < -0.39 is 11.7 Å². The van der Waals surface area contributed by atoms with Crippen molar-refractivity contribution < 1.29 is 14.3 Å². The number of fused-ring (bicyclic) bond motifs is 1. The van der Waals surface area contributed by atoms with Crippen LogP contribution in [0.3, 0.4) is 0 Å². The summed E-state index contributed by atoms with van der Waals surface area (Å²) >= 11 is 0. The van der Waals surface area contributed by atoms with Gasteiger partial charge in [-0.05, 0) is 57.0 Å². The van der Waals surface area contributed by atoms with Crippen molar-refractivity contribution in [3.05, 3.63) is 59.4 Å². The molecule has 0 aliphatic carbocycles. The van der Waals surface area contributed by atoms with Gasteiger partial charge in [0.1, 0.15) is 5.60 Å². The summed E-state index contributed by atoms with van der Waals surface area (Å²) in [6, 6.07) is 11.0. The molecule has 0 saturated heterocycles. The van der Waals surface area contributed by atoms with E-state index in [1.54, 1.807) is 32.9 Å². The zero-order chi connectivity index (χ0) is 26.9. The summed E-state index contributed by atoms with van der Waals surface area (Å²) in [6.45, 7) is 7.23. The first-order valence-electron chi connectivity index (χ1n) is 11.8. The van der Waals surface area contributed by atoms with Gasteiger partial charge in [-0.25, -0.2) is 15.6 Å². The Balaban J connectivity index is 1.88. The first-order chi connectivity index (χ1) is 17.5. The SMILES string of the molecule is CCc1ccc(N(N)c2c3c(n(N)c2-c2ccnc(N=NN)c2)CN(C(=O)OC(C)(C)C)CC3=O)cc1. The number of Topliss-reactive ketones (excluding diaryl/α,β-unsaturated/α-hetero) is 1. The zero-order valence-corrected chi connectivity index (χ0v) is 21.3. The van der Waals surface area contributed by atoms with E-state index in [2.05, 4.69) is 22.2 Å². The number of aromatic nitrogens is 2. The molecule has 1 aromatic carbocycles. The second-order valence-corrected chi connectivity index (χ2v) is 9.66. The van der Waals surface area contributed by atoms with Crippen LogP contribution in [-0.4, -0.2) is 38.6 Å². The minimum absolute atomic E-state index is 0.0581. The summed E-state index contributed by atoms with van der Waals surface area (Å²) in [5.74, 6) is 18.4. The smallest absolute Gasteiger partial charge is 0.411 e. The highest BCUT2D eigenvalue weighted by Crippen LogP contribution is 2.42. The van der Waals surface area contributed by atoms with Crippen molar-refractivity contribution in [2.45, 2.75) is 46.3 Å². The van der Waals surface area contributed by atoms with Crippen LogP contribution in [-0.2, 0) is 17.7 Å². The lowest BCUT2D eigenvalue weighted by Crippen LogP contribution is -2.43. The molecular weight excluding hydrogens is 474 g/mol. The van der Waals surface area contributed by atoms with Gasteiger partial charge in [0.2, 0.25) is 0 Å². The largest absolute Gasteiger partial charge is 0.444 e. The van der Waals surface area contributed by atoms with Crippen molar-refractivity contribution in [2.24, 2.45) is 22.0 Å². The van der Waals surface area contributed by atoms with E-state index in [1.807, 2.05) is 24.3 Å². The molecule has 194 valence electrons. The van der Waals surface area contributed by atoms with Gasteiger partial charge < -0.3 is 16.4 Å². The van der Waals surface area contributed by atoms with Gasteiger partial charge in [-0.2, -0.15) is 0 Å². The minimum Gasteiger partial charge on any atom is -0.444 e. The van der Waals surface area contributed by atoms with Crippen molar-refractivity contribution in [2.75, 3.05) is 17.4 Å². The van der Waals surface area contributed by atoms with E-state index >= 15 is 0 Å². The van der Waals surface area contributed by atoms with Crippen LogP contribution in [0.25, 0.3) is 11.3 Å². The maximum atomic E-state index is 13.5. The lowest BCUT2D eigenvalue weighted by molar-refractivity contribution is 0.0216. The maximum absolute atomic E-state index is 13.5. The average molecular weight is 506 g/mol. The number of amides is 1. The molecule has 0 spiro atoms. The predicted octanol–water partition coefficient (Wildman–Crippen LogP) is 3.73. The number of carbonyl (C=O) groups excluding carboxylic acids is 2. The number of benzene rings is 1. The Kier molecular flexibility index (Phi) is 6.86. The number of hydrazine groups is 1. The van der Waals surface area contributed by atoms with Crippen LogP contribution in [0.15, 0.2) is 52.9 Å². The number of anilines is 2. The van der Waals surface area contributed by atoms with Crippen molar-refractivity contribution >= 4 is 29.1 Å². The summed E-state index contributed by atoms with van der Waals surface area (Å²) < 4.78 is 6.86. The van der Waals surface area contributed by atoms with E-state index in [9.17, 15) is 9.59 Å². The Bertz CT molecular complexity index is 1360. The van der Waals surface area contributed by atoms with Crippen LogP contribution >= 0.6 is 0 Å². The fourth-order valence-corrected chi connectivity index (χ4v) is 4.23. The Morgan fingerprint density at radius 1 is 1.19 bits per heavy atom. The summed E-state index contributed by atoms with van der Waals surface area (Å²) in [6.07, 6.45) is 1.80. The van der Waals surface area contributed by atoms with Gasteiger partial charge in [0.15, 0.2) is 11.6 Å². The fourth-order valence-electron chi connectivity index (χ4n) is 4.23. The van der Waals surface area contributed by atoms with Crippen molar-refractivity contribution in [1.82, 2.24) is 14.6 Å². The highest BCUT2D eigenvalue weighted by atomic mass is 16.6. The molecule has 1 aliphatic rings. The monoisotopic (exact) mass is 505 g/mol. The summed E-state index contributed by atoms with van der Waals surface area (Å²) in [4.78, 5) is 31.8. The highest BCUT2D eigenvalue weighted by Gasteiger charge is 2.38. The topological polar surface area (TPSA) is 170 Å². The molecule has 37 heavy (non-hydrogen) atoms. The zero-order valence-electron chi connectivity index (χ0n) is 21.3. The molecule has 4 rings (SSSR count). The average Bonchev–Trinajstić information content (AvgIpc) is 3.16. The van der Waals surface area contributed by atoms with Crippen LogP contribution < -0.4 is 22.5 Å². The molecule has 2 aromatic heterocycles. The summed E-state index contributed by atoms with van der Waals surface area (Å²) in [5, 5.41) is 8.53. The van der Waals surface area contributed by atoms with Crippen molar-refractivity contribution in [1.29, 1.82) is 0 Å². The number of aryl methyl sites for hydroxylation is 1. The molecule has 12 heteroatoms. The second-order valence-electron chi connectivity index (χ2n) is 9.66. The minimum atomic E-state index is -0.717. The molecule has 1 amide bonds. The molecule has 3 heterocycles. The number of nitrogen functional groups attached to an aromatic ring is 1. The molecule has 12 nitrogen and oxygen atoms in total. The van der Waals surface area contributed by atoms with Crippen LogP contribution in [0.1, 0.15) is 49.3 Å². The summed E-state index contributed by atoms with van der Waals surface area (Å²) in [5.41, 5.74) is 3.27. The number of pyridine rings is 1. The third-order valence-corrected chi connectivity index (χ3v) is 5.93. The Hall–Kier alpha value is -4.45. The van der Waals surface area contributed by atoms with Crippen LogP contribution in [0.2, 0.25) is 0 Å². The molecule has 0 saturated carbocycles. The van der Waals surface area contributed by atoms with Crippen LogP contribution in [0, 0.1) is 0 Å². The molecule has 1 aliphatic heterocycles. The van der Waals surface area contributed by atoms with E-state index in [-0.39, 0.29) is 24.7 Å². The van der Waals surface area contributed by atoms with Gasteiger partial charge in [0.25, 0.3) is 0 Å². The Morgan fingerprint density at radius 3 is 2.51 bits per heavy atom. The molecule has 0 fully saturated rings. The lowest BCUT2D eigenvalue weighted by atomic mass is 10.0. The quantitative estimate of drug-likeness (QED) is 0.267. The van der Waals surface area contributed by atoms with E-state index in [1.165, 1.54) is 20.8 Å². The van der Waals surface area contributed by atoms with E-state index in [0.29, 0.717) is 33.9 Å². The number of nitrogens with two attached hydrogens (primary N) is 3. The molecule has 0 unspecified atom stereocenters. The van der Waals surface area contributed by atoms with Crippen molar-refractivity contribution in [3.8, 4) is 11.3 Å². The van der Waals surface area contributed by atoms with Gasteiger partial charge in [0.05, 0.1) is 41.4 Å². The predicted molar refractivity (Wildman–Crippen MR) is 140 cm³/mol. The number of ketones is 1. The molecule has 0 radical (unpaired) electrons. The number of hydrogen-bond donors (Lipinski definition) is 3. The highest BCUT2D eigenvalue weighted by molar-refractivity contribution is 6.09. The Morgan fingerprint density at radius 2 is 1.89 bits per heavy atom. The number of ether oxygens (including phenoxy) is 1. The lowest BCUT2D eigenvalue weighted by Gasteiger charge is -2.30. The first kappa shape index (κ1) is 25.6. The molecular formula is C25H31N9O3. The van der Waals surface area contributed by atoms with Gasteiger partial charge in [-0.15, -0.1) is 5.11 Å². The van der Waals surface area contributed by atoms with Gasteiger partial charge in [-0.1, -0.05) is 24.3 Å². The number of hydrogen-bond acceptors (Lipinski definition) is 9. The number of carbonyl (C=O) groups is 2. The van der Waals surface area contributed by atoms with Gasteiger partial charge in [-0.3, -0.25) is 19.4 Å². The molecule has 0 bridgehead atoms. The molecule has 3 aromatic rings. The van der Waals surface area contributed by atoms with Crippen molar-refractivity contribution in [3.63, 3.8) is 0 Å². The maximum Gasteiger partial charge on any atom is 0.411 e. The fraction of sp³-hybridized carbons (Fsp3) is 0.320. The van der Waals surface area contributed by atoms with Gasteiger partial charge >= 0.3 is 6.09 Å². The Labute approximate surface area is 214 Å². The van der Waals surface area contributed by atoms with Gasteiger partial charge in [0, 0.05) is 11.8 Å². The third-order valence-electron chi connectivity index (χ3n) is 5.93. The van der Waals surface area contributed by atoms with Crippen LogP contribution in [0.5, 0.6) is 0 Å². The molecule has 0 atom stereocenters. The summed E-state index contributed by atoms with van der Waals surface area (Å²) in [7, 11) is 0. The first-order valence-corrected chi connectivity index (χ1v) is 11.8. The van der Waals surface area contributed by atoms with E-state index in [0.717, 1.165) is 12.0 Å². The van der Waals surface area contributed by atoms with E-state index in [4.69, 9.17) is 22.3 Å². The molecule has 6 N–H and O–H groups in total. The normalized spacial score (nSPS) is 13.6. The third kappa shape index (κ3) is 5.09.